The smallest absolute Gasteiger partial charge is 0.246 e. The van der Waals surface area contributed by atoms with E-state index in [1.165, 1.54) is 0 Å². The number of methoxy groups -OCH3 is 1. The predicted octanol–water partition coefficient (Wildman–Crippen LogP) is 0.632. The molecule has 6 nitrogen and oxygen atoms in total. The maximum atomic E-state index is 11.0. The topological polar surface area (TPSA) is 85.0 Å². The van der Waals surface area contributed by atoms with Gasteiger partial charge in [-0.3, -0.25) is 9.69 Å². The molecule has 0 saturated carbocycles. The largest absolute Gasteiger partial charge is 0.493 e. The molecule has 0 bridgehead atoms. The molecule has 122 valence electrons. The number of ether oxygens (including phenoxy) is 2. The third-order valence-corrected chi connectivity index (χ3v) is 4.10. The fraction of sp³-hybridized carbons (Fsp3) is 0.562. The number of para-hydroxylation sites is 2. The minimum Gasteiger partial charge on any atom is -0.493 e. The van der Waals surface area contributed by atoms with Gasteiger partial charge in [-0.05, 0) is 44.0 Å². The van der Waals surface area contributed by atoms with Crippen molar-refractivity contribution in [1.29, 1.82) is 0 Å². The van der Waals surface area contributed by atoms with Crippen molar-refractivity contribution in [3.8, 4) is 11.5 Å². The molecular formula is C16H24N2O4. The lowest BCUT2D eigenvalue weighted by Crippen LogP contribution is -2.43. The summed E-state index contributed by atoms with van der Waals surface area (Å²) in [5.41, 5.74) is 5.14. The van der Waals surface area contributed by atoms with E-state index in [9.17, 15) is 9.90 Å². The zero-order valence-electron chi connectivity index (χ0n) is 12.9. The third-order valence-electron chi connectivity index (χ3n) is 4.10. The van der Waals surface area contributed by atoms with Crippen LogP contribution < -0.4 is 15.2 Å². The van der Waals surface area contributed by atoms with Crippen LogP contribution in [-0.4, -0.2) is 55.4 Å². The molecule has 0 spiro atoms. The number of amides is 1. The van der Waals surface area contributed by atoms with E-state index in [0.29, 0.717) is 6.61 Å². The van der Waals surface area contributed by atoms with Gasteiger partial charge in [0.25, 0.3) is 0 Å². The van der Waals surface area contributed by atoms with E-state index in [-0.39, 0.29) is 5.92 Å². The number of hydrogen-bond donors (Lipinski definition) is 2. The number of primary amides is 1. The summed E-state index contributed by atoms with van der Waals surface area (Å²) in [7, 11) is 1.62. The SMILES string of the molecule is COc1ccccc1OCCN1CCC([C@H](O)C(N)=O)CC1. The van der Waals surface area contributed by atoms with Crippen molar-refractivity contribution in [3.63, 3.8) is 0 Å². The highest BCUT2D eigenvalue weighted by molar-refractivity contribution is 5.78. The van der Waals surface area contributed by atoms with Crippen LogP contribution >= 0.6 is 0 Å². The van der Waals surface area contributed by atoms with Gasteiger partial charge < -0.3 is 20.3 Å². The van der Waals surface area contributed by atoms with Crippen molar-refractivity contribution in [2.45, 2.75) is 18.9 Å². The molecule has 1 aliphatic heterocycles. The first kappa shape index (κ1) is 16.6. The molecule has 0 aliphatic carbocycles. The van der Waals surface area contributed by atoms with E-state index in [1.807, 2.05) is 24.3 Å². The van der Waals surface area contributed by atoms with Crippen LogP contribution in [0.5, 0.6) is 11.5 Å². The summed E-state index contributed by atoms with van der Waals surface area (Å²) in [4.78, 5) is 13.3. The molecule has 2 rings (SSSR count). The number of carbonyl (C=O) groups is 1. The Hall–Kier alpha value is -1.79. The summed E-state index contributed by atoms with van der Waals surface area (Å²) in [6.45, 7) is 3.05. The van der Waals surface area contributed by atoms with Crippen LogP contribution in [0.4, 0.5) is 0 Å². The lowest BCUT2D eigenvalue weighted by molar-refractivity contribution is -0.129. The van der Waals surface area contributed by atoms with Crippen LogP contribution in [0.3, 0.4) is 0 Å². The van der Waals surface area contributed by atoms with Crippen molar-refractivity contribution in [3.05, 3.63) is 24.3 Å². The Morgan fingerprint density at radius 2 is 2.00 bits per heavy atom. The van der Waals surface area contributed by atoms with Crippen LogP contribution in [-0.2, 0) is 4.79 Å². The molecule has 1 atom stereocenters. The molecule has 1 aromatic rings. The lowest BCUT2D eigenvalue weighted by atomic mass is 9.91. The monoisotopic (exact) mass is 308 g/mol. The molecule has 0 aromatic heterocycles. The molecule has 1 aliphatic rings. The number of aliphatic hydroxyl groups excluding tert-OH is 1. The molecule has 22 heavy (non-hydrogen) atoms. The van der Waals surface area contributed by atoms with Gasteiger partial charge in [0.15, 0.2) is 11.5 Å². The van der Waals surface area contributed by atoms with Crippen molar-refractivity contribution >= 4 is 5.91 Å². The zero-order chi connectivity index (χ0) is 15.9. The Morgan fingerprint density at radius 3 is 2.59 bits per heavy atom. The highest BCUT2D eigenvalue weighted by Crippen LogP contribution is 2.26. The Kier molecular flexibility index (Phi) is 6.03. The number of likely N-dealkylation sites (tertiary alicyclic amines) is 1. The van der Waals surface area contributed by atoms with Crippen molar-refractivity contribution in [2.75, 3.05) is 33.4 Å². The van der Waals surface area contributed by atoms with Gasteiger partial charge in [-0.15, -0.1) is 0 Å². The summed E-state index contributed by atoms with van der Waals surface area (Å²) in [6, 6.07) is 7.56. The number of carbonyl (C=O) groups excluding carboxylic acids is 1. The van der Waals surface area contributed by atoms with Gasteiger partial charge >= 0.3 is 0 Å². The molecular weight excluding hydrogens is 284 g/mol. The zero-order valence-corrected chi connectivity index (χ0v) is 12.9. The third kappa shape index (κ3) is 4.35. The van der Waals surface area contributed by atoms with Gasteiger partial charge in [-0.25, -0.2) is 0 Å². The first-order chi connectivity index (χ1) is 10.6. The Morgan fingerprint density at radius 1 is 1.36 bits per heavy atom. The highest BCUT2D eigenvalue weighted by Gasteiger charge is 2.28. The van der Waals surface area contributed by atoms with Crippen molar-refractivity contribution in [1.82, 2.24) is 4.90 Å². The fourth-order valence-corrected chi connectivity index (χ4v) is 2.75. The predicted molar refractivity (Wildman–Crippen MR) is 82.9 cm³/mol. The molecule has 1 saturated heterocycles. The Labute approximate surface area is 130 Å². The second-order valence-electron chi connectivity index (χ2n) is 5.53. The molecule has 0 unspecified atom stereocenters. The van der Waals surface area contributed by atoms with Crippen LogP contribution in [0.2, 0.25) is 0 Å². The number of hydrogen-bond acceptors (Lipinski definition) is 5. The number of piperidine rings is 1. The summed E-state index contributed by atoms with van der Waals surface area (Å²) in [6.07, 6.45) is 0.532. The van der Waals surface area contributed by atoms with Gasteiger partial charge in [-0.2, -0.15) is 0 Å². The molecule has 1 heterocycles. The summed E-state index contributed by atoms with van der Waals surface area (Å²) in [5.74, 6) is 0.816. The highest BCUT2D eigenvalue weighted by atomic mass is 16.5. The molecule has 6 heteroatoms. The quantitative estimate of drug-likeness (QED) is 0.772. The molecule has 1 amide bonds. The number of aliphatic hydroxyl groups is 1. The van der Waals surface area contributed by atoms with E-state index < -0.39 is 12.0 Å². The first-order valence-electron chi connectivity index (χ1n) is 7.57. The maximum absolute atomic E-state index is 11.0. The minimum absolute atomic E-state index is 0.0242. The van der Waals surface area contributed by atoms with Crippen molar-refractivity contribution in [2.24, 2.45) is 11.7 Å². The van der Waals surface area contributed by atoms with E-state index in [2.05, 4.69) is 4.90 Å². The van der Waals surface area contributed by atoms with E-state index in [1.54, 1.807) is 7.11 Å². The number of nitrogens with zero attached hydrogens (tertiary/aromatic N) is 1. The molecule has 3 N–H and O–H groups in total. The standard InChI is InChI=1S/C16H24N2O4/c1-21-13-4-2-3-5-14(13)22-11-10-18-8-6-12(7-9-18)15(19)16(17)20/h2-5,12,15,19H,6-11H2,1H3,(H2,17,20)/t15-/m0/s1. The number of rotatable bonds is 7. The minimum atomic E-state index is -1.02. The molecule has 0 radical (unpaired) electrons. The second-order valence-corrected chi connectivity index (χ2v) is 5.53. The average molecular weight is 308 g/mol. The molecule has 1 fully saturated rings. The lowest BCUT2D eigenvalue weighted by Gasteiger charge is -2.33. The van der Waals surface area contributed by atoms with E-state index in [0.717, 1.165) is 44.0 Å². The van der Waals surface area contributed by atoms with Crippen LogP contribution in [0.25, 0.3) is 0 Å². The van der Waals surface area contributed by atoms with Gasteiger partial charge in [0, 0.05) is 6.54 Å². The maximum Gasteiger partial charge on any atom is 0.246 e. The van der Waals surface area contributed by atoms with Crippen LogP contribution in [0, 0.1) is 5.92 Å². The molecule has 1 aromatic carbocycles. The number of nitrogens with two attached hydrogens (primary N) is 1. The number of benzene rings is 1. The van der Waals surface area contributed by atoms with Gasteiger partial charge in [0.2, 0.25) is 5.91 Å². The first-order valence-corrected chi connectivity index (χ1v) is 7.57. The second kappa shape index (κ2) is 8.00. The Bertz CT molecular complexity index is 487. The van der Waals surface area contributed by atoms with Gasteiger partial charge in [-0.1, -0.05) is 12.1 Å². The van der Waals surface area contributed by atoms with Crippen LogP contribution in [0.15, 0.2) is 24.3 Å². The summed E-state index contributed by atoms with van der Waals surface area (Å²) < 4.78 is 11.0. The summed E-state index contributed by atoms with van der Waals surface area (Å²) >= 11 is 0. The van der Waals surface area contributed by atoms with E-state index in [4.69, 9.17) is 15.2 Å². The van der Waals surface area contributed by atoms with Crippen LogP contribution in [0.1, 0.15) is 12.8 Å². The van der Waals surface area contributed by atoms with Gasteiger partial charge in [0.1, 0.15) is 12.7 Å². The average Bonchev–Trinajstić information content (AvgIpc) is 2.55. The fourth-order valence-electron chi connectivity index (χ4n) is 2.75. The van der Waals surface area contributed by atoms with Gasteiger partial charge in [0.05, 0.1) is 7.11 Å². The Balaban J connectivity index is 1.72. The van der Waals surface area contributed by atoms with E-state index >= 15 is 0 Å². The van der Waals surface area contributed by atoms with Crippen molar-refractivity contribution < 1.29 is 19.4 Å². The normalized spacial score (nSPS) is 17.9. The summed E-state index contributed by atoms with van der Waals surface area (Å²) in [5, 5.41) is 9.69.